The van der Waals surface area contributed by atoms with Crippen LogP contribution in [0.1, 0.15) is 44.3 Å². The van der Waals surface area contributed by atoms with Crippen LogP contribution in [-0.2, 0) is 10.0 Å². The number of hydrogen-bond acceptors (Lipinski definition) is 8. The van der Waals surface area contributed by atoms with E-state index >= 15 is 0 Å². The zero-order valence-electron chi connectivity index (χ0n) is 19.9. The molecule has 0 aliphatic heterocycles. The Bertz CT molecular complexity index is 1560. The van der Waals surface area contributed by atoms with E-state index in [9.17, 15) is 13.2 Å². The molecule has 11 nitrogen and oxygen atoms in total. The quantitative estimate of drug-likeness (QED) is 0.368. The van der Waals surface area contributed by atoms with E-state index in [0.29, 0.717) is 35.2 Å². The van der Waals surface area contributed by atoms with Crippen LogP contribution in [0.2, 0.25) is 0 Å². The number of aromatic amines is 1. The van der Waals surface area contributed by atoms with Crippen LogP contribution in [0.4, 0.5) is 5.69 Å². The molecule has 2 aromatic carbocycles. The predicted octanol–water partition coefficient (Wildman–Crippen LogP) is 3.35. The van der Waals surface area contributed by atoms with Crippen molar-refractivity contribution in [3.63, 3.8) is 0 Å². The summed E-state index contributed by atoms with van der Waals surface area (Å²) in [5.74, 6) is 1.97. The van der Waals surface area contributed by atoms with E-state index in [-0.39, 0.29) is 22.3 Å². The first-order valence-corrected chi connectivity index (χ1v) is 13.2. The highest BCUT2D eigenvalue weighted by Crippen LogP contribution is 2.34. The van der Waals surface area contributed by atoms with Crippen LogP contribution in [-0.4, -0.2) is 46.9 Å². The first-order valence-electron chi connectivity index (χ1n) is 11.7. The number of ether oxygens (including phenoxy) is 2. The highest BCUT2D eigenvalue weighted by atomic mass is 32.2. The molecule has 1 aliphatic rings. The van der Waals surface area contributed by atoms with Crippen LogP contribution in [0, 0.1) is 0 Å². The van der Waals surface area contributed by atoms with Gasteiger partial charge in [0, 0.05) is 11.6 Å². The maximum atomic E-state index is 13.2. The number of fused-ring (bicyclic) bond motifs is 1. The third-order valence-corrected chi connectivity index (χ3v) is 7.56. The van der Waals surface area contributed by atoms with Gasteiger partial charge in [-0.1, -0.05) is 12.8 Å². The smallest absolute Gasteiger partial charge is 0.296 e. The summed E-state index contributed by atoms with van der Waals surface area (Å²) in [6.07, 6.45) is 4.09. The molecular weight excluding hydrogens is 484 g/mol. The van der Waals surface area contributed by atoms with Gasteiger partial charge in [-0.3, -0.25) is 9.52 Å². The lowest BCUT2D eigenvalue weighted by Gasteiger charge is -2.14. The minimum absolute atomic E-state index is 0.0145. The Labute approximate surface area is 207 Å². The van der Waals surface area contributed by atoms with E-state index in [1.165, 1.54) is 23.8 Å². The second-order valence-corrected chi connectivity index (χ2v) is 10.2. The largest absolute Gasteiger partial charge is 0.497 e. The number of rotatable bonds is 8. The van der Waals surface area contributed by atoms with Crippen LogP contribution >= 0.6 is 0 Å². The Morgan fingerprint density at radius 1 is 1.11 bits per heavy atom. The molecule has 4 aromatic rings. The summed E-state index contributed by atoms with van der Waals surface area (Å²) in [5, 5.41) is 12.9. The Morgan fingerprint density at radius 2 is 1.86 bits per heavy atom. The van der Waals surface area contributed by atoms with Gasteiger partial charge in [-0.2, -0.15) is 4.52 Å². The zero-order chi connectivity index (χ0) is 25.3. The van der Waals surface area contributed by atoms with Gasteiger partial charge in [0.2, 0.25) is 5.65 Å². The van der Waals surface area contributed by atoms with Gasteiger partial charge in [0.1, 0.15) is 11.5 Å². The lowest BCUT2D eigenvalue weighted by molar-refractivity contribution is 0.341. The topological polar surface area (TPSA) is 141 Å². The predicted molar refractivity (Wildman–Crippen MR) is 133 cm³/mol. The van der Waals surface area contributed by atoms with Crippen molar-refractivity contribution in [3.05, 3.63) is 58.6 Å². The lowest BCUT2D eigenvalue weighted by Crippen LogP contribution is -2.17. The van der Waals surface area contributed by atoms with Crippen molar-refractivity contribution in [2.75, 3.05) is 18.4 Å². The van der Waals surface area contributed by atoms with Crippen molar-refractivity contribution in [2.45, 2.75) is 43.4 Å². The Balaban J connectivity index is 1.58. The third-order valence-electron chi connectivity index (χ3n) is 6.18. The Hall–Kier alpha value is -3.93. The molecule has 12 heteroatoms. The molecule has 5 rings (SSSR count). The Kier molecular flexibility index (Phi) is 6.35. The number of nitrogens with zero attached hydrogens (tertiary/aromatic N) is 4. The first kappa shape index (κ1) is 23.8. The van der Waals surface area contributed by atoms with Gasteiger partial charge in [0.15, 0.2) is 11.6 Å². The van der Waals surface area contributed by atoms with Crippen molar-refractivity contribution >= 4 is 21.4 Å². The van der Waals surface area contributed by atoms with Crippen molar-refractivity contribution in [2.24, 2.45) is 0 Å². The number of sulfonamides is 1. The number of H-pyrrole nitrogens is 1. The fraction of sp³-hybridized carbons (Fsp3) is 0.333. The summed E-state index contributed by atoms with van der Waals surface area (Å²) in [7, 11) is -2.42. The molecule has 188 valence electrons. The van der Waals surface area contributed by atoms with Gasteiger partial charge in [-0.25, -0.2) is 8.42 Å². The summed E-state index contributed by atoms with van der Waals surface area (Å²) in [5.41, 5.74) is 0.344. The monoisotopic (exact) mass is 510 g/mol. The van der Waals surface area contributed by atoms with Gasteiger partial charge >= 0.3 is 0 Å². The molecule has 0 atom stereocenters. The van der Waals surface area contributed by atoms with Crippen LogP contribution in [0.15, 0.2) is 52.2 Å². The second kappa shape index (κ2) is 9.61. The molecule has 2 N–H and O–H groups in total. The summed E-state index contributed by atoms with van der Waals surface area (Å²) in [4.78, 5) is 15.5. The van der Waals surface area contributed by atoms with Crippen molar-refractivity contribution in [1.82, 2.24) is 24.8 Å². The normalized spacial score (nSPS) is 14.3. The molecule has 1 fully saturated rings. The molecule has 0 unspecified atom stereocenters. The van der Waals surface area contributed by atoms with Crippen LogP contribution in [0.3, 0.4) is 0 Å². The number of benzene rings is 2. The number of nitrogens with one attached hydrogen (secondary N) is 2. The summed E-state index contributed by atoms with van der Waals surface area (Å²) in [6.45, 7) is 2.16. The minimum Gasteiger partial charge on any atom is -0.497 e. The van der Waals surface area contributed by atoms with Crippen molar-refractivity contribution in [3.8, 4) is 22.9 Å². The first-order chi connectivity index (χ1) is 17.4. The van der Waals surface area contributed by atoms with E-state index in [4.69, 9.17) is 9.47 Å². The second-order valence-electron chi connectivity index (χ2n) is 8.50. The molecule has 1 saturated carbocycles. The molecule has 2 heterocycles. The maximum absolute atomic E-state index is 13.2. The molecule has 0 saturated heterocycles. The number of methoxy groups -OCH3 is 1. The van der Waals surface area contributed by atoms with Gasteiger partial charge in [0.25, 0.3) is 15.6 Å². The molecular formula is C24H26N6O5S. The van der Waals surface area contributed by atoms with Crippen LogP contribution < -0.4 is 19.8 Å². The number of aromatic nitrogens is 5. The average molecular weight is 511 g/mol. The SMILES string of the molecule is CCOc1ccc(S(=O)(=O)Nc2ccc(OC)cc2)cc1-c1nn2c(C3CCCC3)nnc2c(=O)[nH]1. The van der Waals surface area contributed by atoms with E-state index in [0.717, 1.165) is 25.7 Å². The standard InChI is InChI=1S/C24H26N6O5S/c1-3-35-20-13-12-18(36(32,33)29-16-8-10-17(34-2)11-9-16)14-19(20)21-25-24(31)23-27-26-22(30(23)28-21)15-6-4-5-7-15/h8-15,29H,3-7H2,1-2H3,(H,25,28,31). The average Bonchev–Trinajstić information content (AvgIpc) is 3.55. The summed E-state index contributed by atoms with van der Waals surface area (Å²) in [6, 6.07) is 11.0. The molecule has 0 bridgehead atoms. The number of anilines is 1. The van der Waals surface area contributed by atoms with E-state index in [2.05, 4.69) is 25.0 Å². The van der Waals surface area contributed by atoms with E-state index < -0.39 is 15.6 Å². The highest BCUT2D eigenvalue weighted by molar-refractivity contribution is 7.92. The fourth-order valence-electron chi connectivity index (χ4n) is 4.40. The molecule has 2 aromatic heterocycles. The van der Waals surface area contributed by atoms with Crippen LogP contribution in [0.5, 0.6) is 11.5 Å². The molecule has 0 amide bonds. The fourth-order valence-corrected chi connectivity index (χ4v) is 5.48. The maximum Gasteiger partial charge on any atom is 0.296 e. The third kappa shape index (κ3) is 4.51. The summed E-state index contributed by atoms with van der Waals surface area (Å²) >= 11 is 0. The zero-order valence-corrected chi connectivity index (χ0v) is 20.7. The molecule has 0 spiro atoms. The van der Waals surface area contributed by atoms with Crippen molar-refractivity contribution in [1.29, 1.82) is 0 Å². The summed E-state index contributed by atoms with van der Waals surface area (Å²) < 4.78 is 41.2. The van der Waals surface area contributed by atoms with E-state index in [1.54, 1.807) is 30.3 Å². The van der Waals surface area contributed by atoms with Gasteiger partial charge in [-0.15, -0.1) is 15.3 Å². The van der Waals surface area contributed by atoms with Gasteiger partial charge in [0.05, 0.1) is 24.2 Å². The molecule has 1 aliphatic carbocycles. The number of hydrogen-bond donors (Lipinski definition) is 2. The van der Waals surface area contributed by atoms with Gasteiger partial charge in [-0.05, 0) is 62.2 Å². The van der Waals surface area contributed by atoms with Crippen LogP contribution in [0.25, 0.3) is 17.0 Å². The minimum atomic E-state index is -3.96. The van der Waals surface area contributed by atoms with Crippen molar-refractivity contribution < 1.29 is 17.9 Å². The van der Waals surface area contributed by atoms with Gasteiger partial charge < -0.3 is 14.5 Å². The highest BCUT2D eigenvalue weighted by Gasteiger charge is 2.25. The molecule has 36 heavy (non-hydrogen) atoms. The lowest BCUT2D eigenvalue weighted by atomic mass is 10.1. The van der Waals surface area contributed by atoms with E-state index in [1.807, 2.05) is 6.92 Å². The molecule has 0 radical (unpaired) electrons. The Morgan fingerprint density at radius 3 is 2.56 bits per heavy atom.